The molecule has 1 aromatic carbocycles. The van der Waals surface area contributed by atoms with E-state index in [1.807, 2.05) is 18.2 Å². The number of halogens is 1. The highest BCUT2D eigenvalue weighted by Crippen LogP contribution is 2.35. The minimum Gasteiger partial charge on any atom is -0.356 e. The van der Waals surface area contributed by atoms with Gasteiger partial charge in [-0.05, 0) is 43.0 Å². The van der Waals surface area contributed by atoms with Crippen LogP contribution in [0.4, 0.5) is 0 Å². The molecule has 1 atom stereocenters. The van der Waals surface area contributed by atoms with Gasteiger partial charge in [0.05, 0.1) is 12.2 Å². The Kier molecular flexibility index (Phi) is 5.25. The van der Waals surface area contributed by atoms with E-state index in [0.29, 0.717) is 5.02 Å². The van der Waals surface area contributed by atoms with Crippen molar-refractivity contribution < 1.29 is 9.59 Å². The standard InChI is InChI=1S/C20H20ClN5O2/c21-12-4-5-15-14(10-12)13-2-1-3-16(19(13)26-15)25-18(27)6-7-24-20(28)17-11-22-8-9-23-17/h4-5,8-11,16,26H,1-3,6-7H2,(H,24,28)(H,25,27)/t16-/m0/s1. The van der Waals surface area contributed by atoms with Gasteiger partial charge in [-0.2, -0.15) is 0 Å². The number of amides is 2. The smallest absolute Gasteiger partial charge is 0.271 e. The zero-order chi connectivity index (χ0) is 19.5. The van der Waals surface area contributed by atoms with Crippen molar-refractivity contribution in [3.63, 3.8) is 0 Å². The van der Waals surface area contributed by atoms with Crippen molar-refractivity contribution in [1.82, 2.24) is 25.6 Å². The summed E-state index contributed by atoms with van der Waals surface area (Å²) in [6.07, 6.45) is 7.39. The molecule has 4 rings (SSSR count). The molecule has 3 N–H and O–H groups in total. The van der Waals surface area contributed by atoms with Gasteiger partial charge in [0.2, 0.25) is 5.91 Å². The van der Waals surface area contributed by atoms with Crippen LogP contribution in [0.3, 0.4) is 0 Å². The normalized spacial score (nSPS) is 15.8. The Bertz CT molecular complexity index is 1020. The quantitative estimate of drug-likeness (QED) is 0.616. The molecule has 1 aliphatic rings. The lowest BCUT2D eigenvalue weighted by Gasteiger charge is -2.24. The summed E-state index contributed by atoms with van der Waals surface area (Å²) in [6, 6.07) is 5.74. The van der Waals surface area contributed by atoms with E-state index in [2.05, 4.69) is 25.6 Å². The maximum Gasteiger partial charge on any atom is 0.271 e. The van der Waals surface area contributed by atoms with Crippen LogP contribution in [0, 0.1) is 0 Å². The molecule has 0 unspecified atom stereocenters. The molecule has 0 saturated heterocycles. The average molecular weight is 398 g/mol. The predicted molar refractivity (Wildman–Crippen MR) is 106 cm³/mol. The van der Waals surface area contributed by atoms with Crippen LogP contribution in [0.2, 0.25) is 5.02 Å². The monoisotopic (exact) mass is 397 g/mol. The van der Waals surface area contributed by atoms with Crippen LogP contribution in [0.1, 0.15) is 47.1 Å². The topological polar surface area (TPSA) is 99.8 Å². The highest BCUT2D eigenvalue weighted by Gasteiger charge is 2.25. The number of rotatable bonds is 5. The Labute approximate surface area is 166 Å². The molecule has 0 saturated carbocycles. The van der Waals surface area contributed by atoms with Gasteiger partial charge in [-0.3, -0.25) is 14.6 Å². The van der Waals surface area contributed by atoms with E-state index in [1.165, 1.54) is 24.2 Å². The van der Waals surface area contributed by atoms with Crippen LogP contribution in [-0.2, 0) is 11.2 Å². The number of carbonyl (C=O) groups excluding carboxylic acids is 2. The minimum atomic E-state index is -0.339. The first-order valence-corrected chi connectivity index (χ1v) is 9.63. The van der Waals surface area contributed by atoms with Crippen molar-refractivity contribution >= 4 is 34.3 Å². The molecule has 28 heavy (non-hydrogen) atoms. The van der Waals surface area contributed by atoms with E-state index in [0.717, 1.165) is 35.9 Å². The Morgan fingerprint density at radius 3 is 3.00 bits per heavy atom. The van der Waals surface area contributed by atoms with Gasteiger partial charge in [-0.15, -0.1) is 0 Å². The van der Waals surface area contributed by atoms with Gasteiger partial charge >= 0.3 is 0 Å². The number of nitrogens with zero attached hydrogens (tertiary/aromatic N) is 2. The van der Waals surface area contributed by atoms with Gasteiger partial charge in [0, 0.05) is 47.0 Å². The third-order valence-electron chi connectivity index (χ3n) is 4.94. The van der Waals surface area contributed by atoms with E-state index in [4.69, 9.17) is 11.6 Å². The Hall–Kier alpha value is -2.93. The third-order valence-corrected chi connectivity index (χ3v) is 5.17. The molecule has 0 aliphatic heterocycles. The van der Waals surface area contributed by atoms with Gasteiger partial charge in [0.25, 0.3) is 5.91 Å². The second kappa shape index (κ2) is 7.98. The zero-order valence-corrected chi connectivity index (χ0v) is 15.9. The molecule has 8 heteroatoms. The number of carbonyl (C=O) groups is 2. The Morgan fingerprint density at radius 1 is 1.29 bits per heavy atom. The summed E-state index contributed by atoms with van der Waals surface area (Å²) in [6.45, 7) is 0.239. The lowest BCUT2D eigenvalue weighted by atomic mass is 9.91. The molecule has 3 aromatic rings. The number of aromatic nitrogens is 3. The summed E-state index contributed by atoms with van der Waals surface area (Å²) in [7, 11) is 0. The number of aromatic amines is 1. The fourth-order valence-corrected chi connectivity index (χ4v) is 3.81. The van der Waals surface area contributed by atoms with Gasteiger partial charge in [0.15, 0.2) is 0 Å². The van der Waals surface area contributed by atoms with Gasteiger partial charge in [0.1, 0.15) is 5.69 Å². The van der Waals surface area contributed by atoms with Crippen LogP contribution >= 0.6 is 11.6 Å². The number of hydrogen-bond acceptors (Lipinski definition) is 4. The lowest BCUT2D eigenvalue weighted by Crippen LogP contribution is -2.34. The van der Waals surface area contributed by atoms with Crippen molar-refractivity contribution in [3.8, 4) is 0 Å². The largest absolute Gasteiger partial charge is 0.356 e. The maximum atomic E-state index is 12.4. The SMILES string of the molecule is O=C(CCNC(=O)c1cnccn1)N[C@H]1CCCc2c1[nH]c1ccc(Cl)cc21. The van der Waals surface area contributed by atoms with Crippen molar-refractivity contribution in [2.75, 3.05) is 6.54 Å². The molecular weight excluding hydrogens is 378 g/mol. The number of aryl methyl sites for hydroxylation is 1. The van der Waals surface area contributed by atoms with E-state index in [1.54, 1.807) is 0 Å². The Morgan fingerprint density at radius 2 is 2.18 bits per heavy atom. The zero-order valence-electron chi connectivity index (χ0n) is 15.2. The van der Waals surface area contributed by atoms with Crippen molar-refractivity contribution in [3.05, 3.63) is 58.8 Å². The number of H-pyrrole nitrogens is 1. The highest BCUT2D eigenvalue weighted by atomic mass is 35.5. The molecule has 2 aromatic heterocycles. The van der Waals surface area contributed by atoms with E-state index < -0.39 is 0 Å². The number of fused-ring (bicyclic) bond motifs is 3. The van der Waals surface area contributed by atoms with Crippen molar-refractivity contribution in [1.29, 1.82) is 0 Å². The van der Waals surface area contributed by atoms with Crippen LogP contribution in [0.25, 0.3) is 10.9 Å². The predicted octanol–water partition coefficient (Wildman–Crippen LogP) is 2.93. The van der Waals surface area contributed by atoms with E-state index in [9.17, 15) is 9.59 Å². The number of benzene rings is 1. The fourth-order valence-electron chi connectivity index (χ4n) is 3.64. The summed E-state index contributed by atoms with van der Waals surface area (Å²) in [5, 5.41) is 7.60. The second-order valence-electron chi connectivity index (χ2n) is 6.82. The lowest BCUT2D eigenvalue weighted by molar-refractivity contribution is -0.121. The third kappa shape index (κ3) is 3.84. The van der Waals surface area contributed by atoms with Crippen LogP contribution < -0.4 is 10.6 Å². The molecular formula is C20H20ClN5O2. The number of nitrogens with one attached hydrogen (secondary N) is 3. The van der Waals surface area contributed by atoms with Crippen LogP contribution in [-0.4, -0.2) is 33.3 Å². The van der Waals surface area contributed by atoms with Gasteiger partial charge < -0.3 is 15.6 Å². The summed E-state index contributed by atoms with van der Waals surface area (Å²) in [5.74, 6) is -0.442. The molecule has 7 nitrogen and oxygen atoms in total. The summed E-state index contributed by atoms with van der Waals surface area (Å²) >= 11 is 6.14. The van der Waals surface area contributed by atoms with Crippen LogP contribution in [0.15, 0.2) is 36.8 Å². The summed E-state index contributed by atoms with van der Waals surface area (Å²) < 4.78 is 0. The van der Waals surface area contributed by atoms with E-state index in [-0.39, 0.29) is 36.5 Å². The summed E-state index contributed by atoms with van der Waals surface area (Å²) in [5.41, 5.74) is 3.55. The molecule has 2 heterocycles. The molecule has 0 bridgehead atoms. The molecule has 144 valence electrons. The fraction of sp³-hybridized carbons (Fsp3) is 0.300. The first-order chi connectivity index (χ1) is 13.6. The van der Waals surface area contributed by atoms with Crippen LogP contribution in [0.5, 0.6) is 0 Å². The molecule has 0 fully saturated rings. The first-order valence-electron chi connectivity index (χ1n) is 9.25. The molecule has 0 radical (unpaired) electrons. The van der Waals surface area contributed by atoms with E-state index >= 15 is 0 Å². The maximum absolute atomic E-state index is 12.4. The molecule has 0 spiro atoms. The minimum absolute atomic E-state index is 0.0573. The molecule has 2 amide bonds. The Balaban J connectivity index is 1.37. The van der Waals surface area contributed by atoms with Crippen molar-refractivity contribution in [2.45, 2.75) is 31.7 Å². The number of hydrogen-bond donors (Lipinski definition) is 3. The highest BCUT2D eigenvalue weighted by molar-refractivity contribution is 6.31. The van der Waals surface area contributed by atoms with Crippen molar-refractivity contribution in [2.24, 2.45) is 0 Å². The van der Waals surface area contributed by atoms with Gasteiger partial charge in [-0.25, -0.2) is 4.98 Å². The second-order valence-corrected chi connectivity index (χ2v) is 7.25. The summed E-state index contributed by atoms with van der Waals surface area (Å²) in [4.78, 5) is 35.6. The molecule has 1 aliphatic carbocycles. The first kappa shape index (κ1) is 18.4. The average Bonchev–Trinajstić information content (AvgIpc) is 3.07. The van der Waals surface area contributed by atoms with Gasteiger partial charge in [-0.1, -0.05) is 11.6 Å².